The summed E-state index contributed by atoms with van der Waals surface area (Å²) in [7, 11) is 0. The lowest BCUT2D eigenvalue weighted by molar-refractivity contribution is -0.152. The topological polar surface area (TPSA) is 77.0 Å². The van der Waals surface area contributed by atoms with Crippen molar-refractivity contribution in [2.45, 2.75) is 13.3 Å². The monoisotopic (exact) mass is 334 g/mol. The standard InChI is InChI=1S/C17H26N4O3/c1-2-20(8-5-15-3-6-18-7-4-15)16(23)17(24)21-11-9-19(10-12-21)13-14-22/h3-4,6-7,22H,2,5,8-14H2,1H3. The average molecular weight is 334 g/mol. The fourth-order valence-corrected chi connectivity index (χ4v) is 2.80. The lowest BCUT2D eigenvalue weighted by atomic mass is 10.2. The molecule has 0 aromatic carbocycles. The van der Waals surface area contributed by atoms with Crippen LogP contribution in [-0.4, -0.2) is 89.0 Å². The number of aliphatic hydroxyl groups is 1. The van der Waals surface area contributed by atoms with Gasteiger partial charge in [-0.25, -0.2) is 0 Å². The van der Waals surface area contributed by atoms with Crippen molar-refractivity contribution in [3.8, 4) is 0 Å². The van der Waals surface area contributed by atoms with Gasteiger partial charge in [-0.2, -0.15) is 0 Å². The van der Waals surface area contributed by atoms with Gasteiger partial charge in [-0.15, -0.1) is 0 Å². The van der Waals surface area contributed by atoms with Crippen LogP contribution in [0, 0.1) is 0 Å². The highest BCUT2D eigenvalue weighted by atomic mass is 16.3. The van der Waals surface area contributed by atoms with Crippen molar-refractivity contribution < 1.29 is 14.7 Å². The van der Waals surface area contributed by atoms with E-state index in [9.17, 15) is 9.59 Å². The molecular weight excluding hydrogens is 308 g/mol. The van der Waals surface area contributed by atoms with Gasteiger partial charge >= 0.3 is 11.8 Å². The van der Waals surface area contributed by atoms with E-state index < -0.39 is 11.8 Å². The summed E-state index contributed by atoms with van der Waals surface area (Å²) in [6.45, 7) is 6.12. The zero-order valence-corrected chi connectivity index (χ0v) is 14.2. The molecule has 0 atom stereocenters. The fourth-order valence-electron chi connectivity index (χ4n) is 2.80. The third-order valence-electron chi connectivity index (χ3n) is 4.35. The highest BCUT2D eigenvalue weighted by Gasteiger charge is 2.28. The highest BCUT2D eigenvalue weighted by Crippen LogP contribution is 2.06. The number of pyridine rings is 1. The van der Waals surface area contributed by atoms with Crippen molar-refractivity contribution in [1.82, 2.24) is 19.7 Å². The third-order valence-corrected chi connectivity index (χ3v) is 4.35. The Kier molecular flexibility index (Phi) is 7.14. The van der Waals surface area contributed by atoms with Crippen LogP contribution in [0.2, 0.25) is 0 Å². The molecule has 0 spiro atoms. The molecule has 0 unspecified atom stereocenters. The van der Waals surface area contributed by atoms with E-state index >= 15 is 0 Å². The summed E-state index contributed by atoms with van der Waals surface area (Å²) in [4.78, 5) is 34.2. The smallest absolute Gasteiger partial charge is 0.312 e. The first kappa shape index (κ1) is 18.4. The molecule has 132 valence electrons. The number of nitrogens with zero attached hydrogens (tertiary/aromatic N) is 4. The van der Waals surface area contributed by atoms with E-state index in [1.54, 1.807) is 22.2 Å². The Labute approximate surface area is 142 Å². The molecule has 2 heterocycles. The van der Waals surface area contributed by atoms with E-state index in [4.69, 9.17) is 5.11 Å². The van der Waals surface area contributed by atoms with Gasteiger partial charge in [0, 0.05) is 58.2 Å². The first-order chi connectivity index (χ1) is 11.7. The molecule has 0 bridgehead atoms. The summed E-state index contributed by atoms with van der Waals surface area (Å²) in [5.41, 5.74) is 1.10. The number of hydrogen-bond donors (Lipinski definition) is 1. The molecule has 2 rings (SSSR count). The van der Waals surface area contributed by atoms with Gasteiger partial charge in [0.05, 0.1) is 6.61 Å². The van der Waals surface area contributed by atoms with Crippen LogP contribution in [0.5, 0.6) is 0 Å². The van der Waals surface area contributed by atoms with Crippen LogP contribution in [0.25, 0.3) is 0 Å². The van der Waals surface area contributed by atoms with Crippen molar-refractivity contribution >= 4 is 11.8 Å². The van der Waals surface area contributed by atoms with E-state index in [1.165, 1.54) is 0 Å². The van der Waals surface area contributed by atoms with Gasteiger partial charge in [0.15, 0.2) is 0 Å². The second-order valence-corrected chi connectivity index (χ2v) is 5.85. The number of hydrogen-bond acceptors (Lipinski definition) is 5. The van der Waals surface area contributed by atoms with E-state index in [2.05, 4.69) is 9.88 Å². The van der Waals surface area contributed by atoms with Gasteiger partial charge < -0.3 is 14.9 Å². The molecule has 1 aliphatic heterocycles. The number of aromatic nitrogens is 1. The Bertz CT molecular complexity index is 530. The minimum absolute atomic E-state index is 0.117. The van der Waals surface area contributed by atoms with E-state index in [1.807, 2.05) is 19.1 Å². The second-order valence-electron chi connectivity index (χ2n) is 5.85. The van der Waals surface area contributed by atoms with Crippen LogP contribution >= 0.6 is 0 Å². The van der Waals surface area contributed by atoms with Gasteiger partial charge in [-0.3, -0.25) is 19.5 Å². The fraction of sp³-hybridized carbons (Fsp3) is 0.588. The maximum atomic E-state index is 12.5. The van der Waals surface area contributed by atoms with E-state index in [0.29, 0.717) is 52.2 Å². The molecule has 1 aromatic rings. The minimum atomic E-state index is -0.429. The highest BCUT2D eigenvalue weighted by molar-refractivity contribution is 6.34. The van der Waals surface area contributed by atoms with Gasteiger partial charge in [-0.05, 0) is 31.0 Å². The molecule has 1 aromatic heterocycles. The zero-order valence-electron chi connectivity index (χ0n) is 14.2. The number of amides is 2. The number of likely N-dealkylation sites (N-methyl/N-ethyl adjacent to an activating group) is 1. The van der Waals surface area contributed by atoms with Gasteiger partial charge in [0.2, 0.25) is 0 Å². The Morgan fingerprint density at radius 3 is 2.46 bits per heavy atom. The van der Waals surface area contributed by atoms with Crippen molar-refractivity contribution in [3.05, 3.63) is 30.1 Å². The predicted molar refractivity (Wildman–Crippen MR) is 90.3 cm³/mol. The molecule has 24 heavy (non-hydrogen) atoms. The van der Waals surface area contributed by atoms with Crippen molar-refractivity contribution in [2.24, 2.45) is 0 Å². The summed E-state index contributed by atoms with van der Waals surface area (Å²) < 4.78 is 0. The summed E-state index contributed by atoms with van der Waals surface area (Å²) in [6.07, 6.45) is 4.16. The van der Waals surface area contributed by atoms with Crippen LogP contribution in [0.4, 0.5) is 0 Å². The Balaban J connectivity index is 1.85. The summed E-state index contributed by atoms with van der Waals surface area (Å²) in [5, 5.41) is 8.95. The third kappa shape index (κ3) is 5.01. The predicted octanol–water partition coefficient (Wildman–Crippen LogP) is -0.391. The maximum Gasteiger partial charge on any atom is 0.312 e. The lowest BCUT2D eigenvalue weighted by Crippen LogP contribution is -2.53. The molecule has 0 radical (unpaired) electrons. The molecule has 0 saturated carbocycles. The number of carbonyl (C=O) groups is 2. The Morgan fingerprint density at radius 2 is 1.88 bits per heavy atom. The number of β-amino-alcohol motifs (C(OH)–C–C–N with tert-alkyl or cyclic N) is 1. The van der Waals surface area contributed by atoms with Crippen molar-refractivity contribution in [2.75, 3.05) is 52.4 Å². The molecular formula is C17H26N4O3. The maximum absolute atomic E-state index is 12.5. The van der Waals surface area contributed by atoms with Crippen LogP contribution < -0.4 is 0 Å². The normalized spacial score (nSPS) is 15.3. The van der Waals surface area contributed by atoms with Gasteiger partial charge in [0.25, 0.3) is 0 Å². The summed E-state index contributed by atoms with van der Waals surface area (Å²) in [5.74, 6) is -0.850. The minimum Gasteiger partial charge on any atom is -0.395 e. The van der Waals surface area contributed by atoms with Crippen molar-refractivity contribution in [3.63, 3.8) is 0 Å². The SMILES string of the molecule is CCN(CCc1ccncc1)C(=O)C(=O)N1CCN(CCO)CC1. The number of aliphatic hydroxyl groups excluding tert-OH is 1. The molecule has 7 nitrogen and oxygen atoms in total. The molecule has 0 aliphatic carbocycles. The first-order valence-electron chi connectivity index (χ1n) is 8.46. The quantitative estimate of drug-likeness (QED) is 0.717. The molecule has 1 fully saturated rings. The van der Waals surface area contributed by atoms with Gasteiger partial charge in [-0.1, -0.05) is 0 Å². The first-order valence-corrected chi connectivity index (χ1v) is 8.46. The van der Waals surface area contributed by atoms with Crippen LogP contribution in [0.1, 0.15) is 12.5 Å². The van der Waals surface area contributed by atoms with E-state index in [-0.39, 0.29) is 6.61 Å². The second kappa shape index (κ2) is 9.34. The lowest BCUT2D eigenvalue weighted by Gasteiger charge is -2.34. The zero-order chi connectivity index (χ0) is 17.4. The molecule has 2 amide bonds. The molecule has 1 aliphatic rings. The van der Waals surface area contributed by atoms with E-state index in [0.717, 1.165) is 5.56 Å². The Morgan fingerprint density at radius 1 is 1.21 bits per heavy atom. The van der Waals surface area contributed by atoms with Crippen LogP contribution in [-0.2, 0) is 16.0 Å². The molecule has 7 heteroatoms. The number of rotatable bonds is 6. The average Bonchev–Trinajstić information content (AvgIpc) is 2.63. The van der Waals surface area contributed by atoms with Crippen LogP contribution in [0.3, 0.4) is 0 Å². The summed E-state index contributed by atoms with van der Waals surface area (Å²) in [6, 6.07) is 3.83. The number of piperazine rings is 1. The Hall–Kier alpha value is -1.99. The van der Waals surface area contributed by atoms with Crippen molar-refractivity contribution in [1.29, 1.82) is 0 Å². The molecule has 1 N–H and O–H groups in total. The number of carbonyl (C=O) groups excluding carboxylic acids is 2. The van der Waals surface area contributed by atoms with Gasteiger partial charge in [0.1, 0.15) is 0 Å². The summed E-state index contributed by atoms with van der Waals surface area (Å²) >= 11 is 0. The molecule has 1 saturated heterocycles. The van der Waals surface area contributed by atoms with Crippen LogP contribution in [0.15, 0.2) is 24.5 Å². The largest absolute Gasteiger partial charge is 0.395 e.